The highest BCUT2D eigenvalue weighted by molar-refractivity contribution is 5.85. The average molecular weight is 212 g/mol. The van der Waals surface area contributed by atoms with E-state index in [1.807, 2.05) is 0 Å². The maximum atomic E-state index is 10.1. The molecule has 0 rings (SSSR count). The van der Waals surface area contributed by atoms with Gasteiger partial charge in [0.05, 0.1) is 12.8 Å². The summed E-state index contributed by atoms with van der Waals surface area (Å²) in [6.45, 7) is 0.783. The summed E-state index contributed by atoms with van der Waals surface area (Å²) in [5.41, 5.74) is 0. The van der Waals surface area contributed by atoms with Crippen molar-refractivity contribution in [2.24, 2.45) is 0 Å². The first-order chi connectivity index (χ1) is 5.52. The van der Waals surface area contributed by atoms with E-state index >= 15 is 0 Å². The smallest absolute Gasteiger partial charge is 0.304 e. The zero-order valence-corrected chi connectivity index (χ0v) is 8.21. The maximum absolute atomic E-state index is 10.1. The summed E-state index contributed by atoms with van der Waals surface area (Å²) in [5.74, 6) is -1.73. The molecule has 0 atom stereocenters. The second-order valence-electron chi connectivity index (χ2n) is 2.59. The highest BCUT2D eigenvalue weighted by Crippen LogP contribution is 1.90. The van der Waals surface area contributed by atoms with Crippen LogP contribution in [0.1, 0.15) is 12.8 Å². The van der Waals surface area contributed by atoms with Crippen molar-refractivity contribution in [2.75, 3.05) is 20.1 Å². The lowest BCUT2D eigenvalue weighted by molar-refractivity contribution is -0.137. The van der Waals surface area contributed by atoms with Crippen LogP contribution in [0.3, 0.4) is 0 Å². The summed E-state index contributed by atoms with van der Waals surface area (Å²) in [6.07, 6.45) is 0.103. The zero-order valence-electron chi connectivity index (χ0n) is 7.39. The van der Waals surface area contributed by atoms with E-state index in [1.165, 1.54) is 0 Å². The number of aliphatic carboxylic acids is 2. The molecule has 0 aliphatic heterocycles. The van der Waals surface area contributed by atoms with E-state index < -0.39 is 11.9 Å². The van der Waals surface area contributed by atoms with Crippen LogP contribution < -0.4 is 0 Å². The zero-order chi connectivity index (χ0) is 9.56. The molecule has 0 saturated heterocycles. The standard InChI is InChI=1S/C7H13NO4.ClH/c1-8(4-2-6(9)10)5-3-7(11)12;/h2-5H2,1H3,(H,9,10)(H,11,12);1H. The maximum Gasteiger partial charge on any atom is 0.304 e. The van der Waals surface area contributed by atoms with Gasteiger partial charge in [0.1, 0.15) is 0 Å². The Kier molecular flexibility index (Phi) is 8.84. The van der Waals surface area contributed by atoms with Crippen LogP contribution in [0.2, 0.25) is 0 Å². The minimum Gasteiger partial charge on any atom is -0.481 e. The van der Waals surface area contributed by atoms with Gasteiger partial charge in [-0.05, 0) is 7.05 Å². The quantitative estimate of drug-likeness (QED) is 0.660. The Morgan fingerprint density at radius 2 is 1.38 bits per heavy atom. The Morgan fingerprint density at radius 1 is 1.08 bits per heavy atom. The first-order valence-corrected chi connectivity index (χ1v) is 3.64. The van der Waals surface area contributed by atoms with E-state index in [0.29, 0.717) is 13.1 Å². The van der Waals surface area contributed by atoms with E-state index in [-0.39, 0.29) is 25.2 Å². The summed E-state index contributed by atoms with van der Waals surface area (Å²) in [4.78, 5) is 21.9. The topological polar surface area (TPSA) is 77.8 Å². The Labute approximate surface area is 82.8 Å². The molecule has 0 aromatic carbocycles. The first-order valence-electron chi connectivity index (χ1n) is 3.64. The molecule has 0 aliphatic rings. The Hall–Kier alpha value is -0.810. The molecular weight excluding hydrogens is 198 g/mol. The normalized spacial score (nSPS) is 9.38. The van der Waals surface area contributed by atoms with Gasteiger partial charge in [0.15, 0.2) is 0 Å². The van der Waals surface area contributed by atoms with Crippen LogP contribution in [0.4, 0.5) is 0 Å². The van der Waals surface area contributed by atoms with Gasteiger partial charge < -0.3 is 15.1 Å². The van der Waals surface area contributed by atoms with Crippen LogP contribution in [0, 0.1) is 0 Å². The molecule has 0 fully saturated rings. The van der Waals surface area contributed by atoms with Gasteiger partial charge >= 0.3 is 11.9 Å². The fourth-order valence-corrected chi connectivity index (χ4v) is 0.685. The van der Waals surface area contributed by atoms with Gasteiger partial charge in [0.2, 0.25) is 0 Å². The first kappa shape index (κ1) is 14.7. The second kappa shape index (κ2) is 7.82. The molecule has 0 radical (unpaired) electrons. The van der Waals surface area contributed by atoms with Crippen LogP contribution in [0.5, 0.6) is 0 Å². The number of carboxylic acid groups (broad SMARTS) is 2. The predicted octanol–water partition coefficient (Wildman–Crippen LogP) is 0.289. The molecule has 78 valence electrons. The highest BCUT2D eigenvalue weighted by atomic mass is 35.5. The Morgan fingerprint density at radius 3 is 1.62 bits per heavy atom. The number of halogens is 1. The molecule has 0 bridgehead atoms. The van der Waals surface area contributed by atoms with Gasteiger partial charge in [-0.25, -0.2) is 0 Å². The molecule has 0 heterocycles. The van der Waals surface area contributed by atoms with Gasteiger partial charge in [-0.2, -0.15) is 0 Å². The molecule has 5 nitrogen and oxygen atoms in total. The minimum atomic E-state index is -0.864. The van der Waals surface area contributed by atoms with Crippen LogP contribution in [-0.4, -0.2) is 47.2 Å². The van der Waals surface area contributed by atoms with E-state index in [1.54, 1.807) is 11.9 Å². The van der Waals surface area contributed by atoms with Crippen molar-refractivity contribution in [3.63, 3.8) is 0 Å². The fraction of sp³-hybridized carbons (Fsp3) is 0.714. The number of carboxylic acids is 2. The SMILES string of the molecule is CN(CCC(=O)O)CCC(=O)O.Cl. The number of hydrogen-bond acceptors (Lipinski definition) is 3. The van der Waals surface area contributed by atoms with Crippen LogP contribution in [-0.2, 0) is 9.59 Å². The molecule has 0 aromatic rings. The molecule has 0 aliphatic carbocycles. The van der Waals surface area contributed by atoms with Gasteiger partial charge in [0.25, 0.3) is 0 Å². The molecule has 0 spiro atoms. The fourth-order valence-electron chi connectivity index (χ4n) is 0.685. The largest absolute Gasteiger partial charge is 0.481 e. The van der Waals surface area contributed by atoms with E-state index in [2.05, 4.69) is 0 Å². The summed E-state index contributed by atoms with van der Waals surface area (Å²) < 4.78 is 0. The summed E-state index contributed by atoms with van der Waals surface area (Å²) in [7, 11) is 1.70. The lowest BCUT2D eigenvalue weighted by Crippen LogP contribution is -2.24. The highest BCUT2D eigenvalue weighted by Gasteiger charge is 2.04. The Bertz CT molecular complexity index is 156. The number of rotatable bonds is 6. The molecular formula is C7H14ClNO4. The minimum absolute atomic E-state index is 0. The molecule has 0 amide bonds. The third-order valence-corrected chi connectivity index (χ3v) is 1.41. The van der Waals surface area contributed by atoms with Crippen molar-refractivity contribution >= 4 is 24.3 Å². The van der Waals surface area contributed by atoms with Gasteiger partial charge in [-0.3, -0.25) is 9.59 Å². The third-order valence-electron chi connectivity index (χ3n) is 1.41. The lowest BCUT2D eigenvalue weighted by atomic mass is 10.3. The monoisotopic (exact) mass is 211 g/mol. The van der Waals surface area contributed by atoms with Crippen LogP contribution in [0.25, 0.3) is 0 Å². The van der Waals surface area contributed by atoms with Crippen molar-refractivity contribution in [1.29, 1.82) is 0 Å². The molecule has 0 unspecified atom stereocenters. The lowest BCUT2D eigenvalue weighted by Gasteiger charge is -2.12. The van der Waals surface area contributed by atoms with Crippen molar-refractivity contribution < 1.29 is 19.8 Å². The Balaban J connectivity index is 0. The molecule has 6 heteroatoms. The molecule has 0 aromatic heterocycles. The van der Waals surface area contributed by atoms with Crippen LogP contribution >= 0.6 is 12.4 Å². The molecule has 0 saturated carbocycles. The predicted molar refractivity (Wildman–Crippen MR) is 49.3 cm³/mol. The van der Waals surface area contributed by atoms with E-state index in [0.717, 1.165) is 0 Å². The van der Waals surface area contributed by atoms with Gasteiger partial charge in [-0.1, -0.05) is 0 Å². The third kappa shape index (κ3) is 11.2. The number of nitrogens with zero attached hydrogens (tertiary/aromatic N) is 1. The number of carbonyl (C=O) groups is 2. The van der Waals surface area contributed by atoms with Crippen molar-refractivity contribution in [3.05, 3.63) is 0 Å². The second-order valence-corrected chi connectivity index (χ2v) is 2.59. The van der Waals surface area contributed by atoms with Gasteiger partial charge in [0, 0.05) is 13.1 Å². The van der Waals surface area contributed by atoms with E-state index in [4.69, 9.17) is 10.2 Å². The molecule has 13 heavy (non-hydrogen) atoms. The summed E-state index contributed by atoms with van der Waals surface area (Å²) >= 11 is 0. The van der Waals surface area contributed by atoms with E-state index in [9.17, 15) is 9.59 Å². The molecule has 2 N–H and O–H groups in total. The average Bonchev–Trinajstić information content (AvgIpc) is 1.96. The summed E-state index contributed by atoms with van der Waals surface area (Å²) in [5, 5.41) is 16.6. The summed E-state index contributed by atoms with van der Waals surface area (Å²) in [6, 6.07) is 0. The number of hydrogen-bond donors (Lipinski definition) is 2. The van der Waals surface area contributed by atoms with Crippen LogP contribution in [0.15, 0.2) is 0 Å². The van der Waals surface area contributed by atoms with Crippen molar-refractivity contribution in [1.82, 2.24) is 4.90 Å². The van der Waals surface area contributed by atoms with Crippen molar-refractivity contribution in [2.45, 2.75) is 12.8 Å². The van der Waals surface area contributed by atoms with Gasteiger partial charge in [-0.15, -0.1) is 12.4 Å². The van der Waals surface area contributed by atoms with Crippen molar-refractivity contribution in [3.8, 4) is 0 Å².